The minimum Gasteiger partial charge on any atom is -0.481 e. The number of nitrogens with two attached hydrogens (primary N) is 1. The smallest absolute Gasteiger partial charge is 0.212 e. The molecular weight excluding hydrogens is 192 g/mol. The van der Waals surface area contributed by atoms with Gasteiger partial charge < -0.3 is 10.5 Å². The second-order valence-corrected chi connectivity index (χ2v) is 2.92. The molecule has 0 saturated carbocycles. The first-order valence-corrected chi connectivity index (χ1v) is 4.37. The summed E-state index contributed by atoms with van der Waals surface area (Å²) in [6.45, 7) is 0. The summed E-state index contributed by atoms with van der Waals surface area (Å²) >= 11 is 0. The van der Waals surface area contributed by atoms with Gasteiger partial charge in [0.1, 0.15) is 5.82 Å². The summed E-state index contributed by atoms with van der Waals surface area (Å²) in [5.41, 5.74) is 7.05. The molecule has 0 unspecified atom stereocenters. The van der Waals surface area contributed by atoms with Crippen molar-refractivity contribution >= 4 is 5.82 Å². The molecule has 5 nitrogen and oxygen atoms in total. The van der Waals surface area contributed by atoms with Crippen molar-refractivity contribution in [3.05, 3.63) is 30.7 Å². The van der Waals surface area contributed by atoms with E-state index >= 15 is 0 Å². The number of methoxy groups -OCH3 is 1. The Morgan fingerprint density at radius 2 is 1.93 bits per heavy atom. The number of nitrogens with zero attached hydrogens (tertiary/aromatic N) is 3. The topological polar surface area (TPSA) is 73.9 Å². The number of rotatable bonds is 2. The lowest BCUT2D eigenvalue weighted by Gasteiger charge is -2.01. The van der Waals surface area contributed by atoms with Crippen LogP contribution >= 0.6 is 0 Å². The molecular formula is C10H10N4O. The molecule has 5 heteroatoms. The number of anilines is 1. The highest BCUT2D eigenvalue weighted by Crippen LogP contribution is 2.17. The molecule has 2 N–H and O–H groups in total. The fraction of sp³-hybridized carbons (Fsp3) is 0.100. The summed E-state index contributed by atoms with van der Waals surface area (Å²) in [5, 5.41) is 0. The van der Waals surface area contributed by atoms with E-state index in [4.69, 9.17) is 10.5 Å². The van der Waals surface area contributed by atoms with E-state index < -0.39 is 0 Å². The molecule has 0 radical (unpaired) electrons. The minimum atomic E-state index is 0.403. The van der Waals surface area contributed by atoms with Crippen LogP contribution in [0.4, 0.5) is 5.82 Å². The zero-order chi connectivity index (χ0) is 10.7. The predicted octanol–water partition coefficient (Wildman–Crippen LogP) is 1.13. The zero-order valence-electron chi connectivity index (χ0n) is 8.21. The van der Waals surface area contributed by atoms with E-state index in [-0.39, 0.29) is 0 Å². The van der Waals surface area contributed by atoms with Crippen molar-refractivity contribution in [1.29, 1.82) is 0 Å². The molecule has 0 spiro atoms. The quantitative estimate of drug-likeness (QED) is 0.790. The van der Waals surface area contributed by atoms with E-state index in [0.29, 0.717) is 11.7 Å². The van der Waals surface area contributed by atoms with E-state index in [1.165, 1.54) is 6.20 Å². The molecule has 0 bridgehead atoms. The Balaban J connectivity index is 2.33. The molecule has 76 valence electrons. The van der Waals surface area contributed by atoms with Crippen molar-refractivity contribution in [3.63, 3.8) is 0 Å². The second kappa shape index (κ2) is 3.91. The van der Waals surface area contributed by atoms with Crippen LogP contribution in [0.1, 0.15) is 0 Å². The fourth-order valence-electron chi connectivity index (χ4n) is 1.14. The maximum atomic E-state index is 5.44. The molecule has 0 amide bonds. The number of ether oxygens (including phenoxy) is 1. The normalized spacial score (nSPS) is 9.93. The molecule has 0 aliphatic heterocycles. The van der Waals surface area contributed by atoms with Crippen molar-refractivity contribution < 1.29 is 4.74 Å². The van der Waals surface area contributed by atoms with Gasteiger partial charge in [0.25, 0.3) is 0 Å². The molecule has 0 aliphatic rings. The van der Waals surface area contributed by atoms with E-state index in [1.807, 2.05) is 6.07 Å². The van der Waals surface area contributed by atoms with Crippen LogP contribution in [-0.4, -0.2) is 22.1 Å². The first kappa shape index (κ1) is 9.39. The number of nitrogen functional groups attached to an aromatic ring is 1. The van der Waals surface area contributed by atoms with Gasteiger partial charge in [-0.05, 0) is 6.07 Å². The Kier molecular flexibility index (Phi) is 2.45. The van der Waals surface area contributed by atoms with Crippen molar-refractivity contribution in [2.24, 2.45) is 0 Å². The molecule has 0 saturated heterocycles. The van der Waals surface area contributed by atoms with Crippen LogP contribution in [0.2, 0.25) is 0 Å². The monoisotopic (exact) mass is 202 g/mol. The zero-order valence-corrected chi connectivity index (χ0v) is 8.21. The third-order valence-corrected chi connectivity index (χ3v) is 1.91. The van der Waals surface area contributed by atoms with Crippen LogP contribution in [0.25, 0.3) is 11.3 Å². The lowest BCUT2D eigenvalue weighted by atomic mass is 10.2. The molecule has 2 aromatic rings. The van der Waals surface area contributed by atoms with Gasteiger partial charge in [-0.15, -0.1) is 0 Å². The Bertz CT molecular complexity index is 438. The summed E-state index contributed by atoms with van der Waals surface area (Å²) in [5.74, 6) is 0.974. The highest BCUT2D eigenvalue weighted by molar-refractivity contribution is 5.57. The van der Waals surface area contributed by atoms with Crippen molar-refractivity contribution in [2.45, 2.75) is 0 Å². The van der Waals surface area contributed by atoms with E-state index in [2.05, 4.69) is 15.0 Å². The summed E-state index contributed by atoms with van der Waals surface area (Å²) in [4.78, 5) is 12.2. The SMILES string of the molecule is COc1ccc(-c2cnc(N)cn2)cn1. The highest BCUT2D eigenvalue weighted by atomic mass is 16.5. The molecule has 0 aromatic carbocycles. The van der Waals surface area contributed by atoms with Gasteiger partial charge in [-0.3, -0.25) is 4.98 Å². The van der Waals surface area contributed by atoms with Crippen LogP contribution in [0.3, 0.4) is 0 Å². The Morgan fingerprint density at radius 3 is 2.47 bits per heavy atom. The second-order valence-electron chi connectivity index (χ2n) is 2.92. The number of hydrogen-bond acceptors (Lipinski definition) is 5. The predicted molar refractivity (Wildman–Crippen MR) is 56.2 cm³/mol. The summed E-state index contributed by atoms with van der Waals surface area (Å²) in [6, 6.07) is 3.64. The first-order chi connectivity index (χ1) is 7.29. The van der Waals surface area contributed by atoms with Gasteiger partial charge in [-0.1, -0.05) is 0 Å². The average Bonchev–Trinajstić information content (AvgIpc) is 2.30. The third-order valence-electron chi connectivity index (χ3n) is 1.91. The molecule has 2 aromatic heterocycles. The van der Waals surface area contributed by atoms with Gasteiger partial charge in [0.15, 0.2) is 0 Å². The Labute approximate surface area is 87.0 Å². The van der Waals surface area contributed by atoms with Crippen molar-refractivity contribution in [3.8, 4) is 17.1 Å². The molecule has 2 heterocycles. The number of hydrogen-bond donors (Lipinski definition) is 1. The highest BCUT2D eigenvalue weighted by Gasteiger charge is 2.00. The van der Waals surface area contributed by atoms with Gasteiger partial charge in [0.05, 0.1) is 25.2 Å². The first-order valence-electron chi connectivity index (χ1n) is 4.37. The van der Waals surface area contributed by atoms with E-state index in [1.54, 1.807) is 25.6 Å². The third kappa shape index (κ3) is 2.01. The van der Waals surface area contributed by atoms with Gasteiger partial charge in [0, 0.05) is 17.8 Å². The van der Waals surface area contributed by atoms with Crippen LogP contribution in [-0.2, 0) is 0 Å². The molecule has 0 atom stereocenters. The van der Waals surface area contributed by atoms with Crippen molar-refractivity contribution in [2.75, 3.05) is 12.8 Å². The van der Waals surface area contributed by atoms with Gasteiger partial charge in [-0.25, -0.2) is 9.97 Å². The average molecular weight is 202 g/mol. The maximum absolute atomic E-state index is 5.44. The largest absolute Gasteiger partial charge is 0.481 e. The number of pyridine rings is 1. The molecule has 0 aliphatic carbocycles. The lowest BCUT2D eigenvalue weighted by Crippen LogP contribution is -1.93. The van der Waals surface area contributed by atoms with Crippen molar-refractivity contribution in [1.82, 2.24) is 15.0 Å². The Morgan fingerprint density at radius 1 is 1.07 bits per heavy atom. The van der Waals surface area contributed by atoms with Gasteiger partial charge in [0.2, 0.25) is 5.88 Å². The standard InChI is InChI=1S/C10H10N4O/c1-15-10-3-2-7(4-14-10)8-5-13-9(11)6-12-8/h2-6H,1H3,(H2,11,13). The van der Waals surface area contributed by atoms with Crippen LogP contribution < -0.4 is 10.5 Å². The van der Waals surface area contributed by atoms with E-state index in [9.17, 15) is 0 Å². The lowest BCUT2D eigenvalue weighted by molar-refractivity contribution is 0.398. The fourth-order valence-corrected chi connectivity index (χ4v) is 1.14. The van der Waals surface area contributed by atoms with E-state index in [0.717, 1.165) is 11.3 Å². The Hall–Kier alpha value is -2.17. The van der Waals surface area contributed by atoms with Crippen LogP contribution in [0.5, 0.6) is 5.88 Å². The van der Waals surface area contributed by atoms with Crippen LogP contribution in [0.15, 0.2) is 30.7 Å². The molecule has 0 fully saturated rings. The maximum Gasteiger partial charge on any atom is 0.212 e. The summed E-state index contributed by atoms with van der Waals surface area (Å²) in [7, 11) is 1.57. The van der Waals surface area contributed by atoms with Crippen LogP contribution in [0, 0.1) is 0 Å². The molecule has 15 heavy (non-hydrogen) atoms. The minimum absolute atomic E-state index is 0.403. The number of aromatic nitrogens is 3. The molecule has 2 rings (SSSR count). The summed E-state index contributed by atoms with van der Waals surface area (Å²) < 4.78 is 4.96. The summed E-state index contributed by atoms with van der Waals surface area (Å²) in [6.07, 6.45) is 4.80. The van der Waals surface area contributed by atoms with Gasteiger partial charge >= 0.3 is 0 Å². The van der Waals surface area contributed by atoms with Gasteiger partial charge in [-0.2, -0.15) is 0 Å².